The highest BCUT2D eigenvalue weighted by Crippen LogP contribution is 2.44. The molecular formula is C13H14OS2. The molecule has 0 N–H and O–H groups in total. The quantitative estimate of drug-likeness (QED) is 0.688. The molecule has 0 aliphatic carbocycles. The van der Waals surface area contributed by atoms with Gasteiger partial charge in [-0.3, -0.25) is 0 Å². The van der Waals surface area contributed by atoms with Crippen LogP contribution < -0.4 is 4.74 Å². The molecular weight excluding hydrogens is 236 g/mol. The number of hydrogen-bond acceptors (Lipinski definition) is 3. The van der Waals surface area contributed by atoms with Gasteiger partial charge in [-0.1, -0.05) is 18.2 Å². The van der Waals surface area contributed by atoms with E-state index in [-0.39, 0.29) is 0 Å². The lowest BCUT2D eigenvalue weighted by Crippen LogP contribution is -2.09. The first kappa shape index (κ1) is 10.6. The number of hydrogen-bond donors (Lipinski definition) is 0. The molecule has 0 bridgehead atoms. The second-order valence-electron chi connectivity index (χ2n) is 3.91. The second kappa shape index (κ2) is 4.76. The zero-order valence-corrected chi connectivity index (χ0v) is 10.7. The van der Waals surface area contributed by atoms with Crippen LogP contribution >= 0.6 is 23.5 Å². The third-order valence-corrected chi connectivity index (χ3v) is 5.53. The molecule has 0 radical (unpaired) electrons. The van der Waals surface area contributed by atoms with Gasteiger partial charge in [0.05, 0.1) is 6.61 Å². The molecule has 0 aromatic heterocycles. The maximum absolute atomic E-state index is 5.69. The molecule has 3 rings (SSSR count). The van der Waals surface area contributed by atoms with Gasteiger partial charge in [0, 0.05) is 16.2 Å². The maximum atomic E-state index is 5.69. The summed E-state index contributed by atoms with van der Waals surface area (Å²) >= 11 is 4.04. The Bertz CT molecular complexity index is 418. The average Bonchev–Trinajstić information content (AvgIpc) is 2.39. The summed E-state index contributed by atoms with van der Waals surface area (Å²) < 4.78 is 7.22. The SMILES string of the molecule is c1ccc2c(c1)OCCC2=C1SCCCS1. The second-order valence-corrected chi connectivity index (χ2v) is 6.38. The normalized spacial score (nSPS) is 20.2. The van der Waals surface area contributed by atoms with E-state index < -0.39 is 0 Å². The third kappa shape index (κ3) is 1.98. The molecule has 1 aromatic carbocycles. The van der Waals surface area contributed by atoms with Crippen LogP contribution in [-0.2, 0) is 0 Å². The molecule has 2 aliphatic heterocycles. The molecule has 0 atom stereocenters. The van der Waals surface area contributed by atoms with Gasteiger partial charge >= 0.3 is 0 Å². The van der Waals surface area contributed by atoms with Gasteiger partial charge in [-0.15, -0.1) is 23.5 Å². The highest BCUT2D eigenvalue weighted by molar-refractivity contribution is 8.23. The lowest BCUT2D eigenvalue weighted by molar-refractivity contribution is 0.316. The van der Waals surface area contributed by atoms with Crippen molar-refractivity contribution in [2.45, 2.75) is 12.8 Å². The fraction of sp³-hybridized carbons (Fsp3) is 0.385. The van der Waals surface area contributed by atoms with Crippen molar-refractivity contribution in [3.63, 3.8) is 0 Å². The predicted molar refractivity (Wildman–Crippen MR) is 73.0 cm³/mol. The van der Waals surface area contributed by atoms with Gasteiger partial charge in [0.1, 0.15) is 5.75 Å². The van der Waals surface area contributed by atoms with Gasteiger partial charge in [-0.25, -0.2) is 0 Å². The van der Waals surface area contributed by atoms with Crippen LogP contribution in [0.2, 0.25) is 0 Å². The minimum Gasteiger partial charge on any atom is -0.493 e. The molecule has 0 spiro atoms. The highest BCUT2D eigenvalue weighted by Gasteiger charge is 2.20. The molecule has 0 unspecified atom stereocenters. The number of thioether (sulfide) groups is 2. The van der Waals surface area contributed by atoms with Crippen molar-refractivity contribution in [1.29, 1.82) is 0 Å². The Hall–Kier alpha value is -0.540. The molecule has 16 heavy (non-hydrogen) atoms. The number of ether oxygens (including phenoxy) is 1. The summed E-state index contributed by atoms with van der Waals surface area (Å²) in [7, 11) is 0. The number of rotatable bonds is 0. The van der Waals surface area contributed by atoms with E-state index in [1.165, 1.54) is 33.3 Å². The lowest BCUT2D eigenvalue weighted by atomic mass is 10.0. The van der Waals surface area contributed by atoms with Crippen molar-refractivity contribution in [2.24, 2.45) is 0 Å². The summed E-state index contributed by atoms with van der Waals surface area (Å²) in [6, 6.07) is 8.42. The summed E-state index contributed by atoms with van der Waals surface area (Å²) in [5, 5.41) is 0. The molecule has 1 aromatic rings. The van der Waals surface area contributed by atoms with Gasteiger partial charge in [-0.2, -0.15) is 0 Å². The Morgan fingerprint density at radius 2 is 1.88 bits per heavy atom. The zero-order chi connectivity index (χ0) is 10.8. The van der Waals surface area contributed by atoms with E-state index in [1.807, 2.05) is 29.6 Å². The van der Waals surface area contributed by atoms with Crippen LogP contribution in [0.5, 0.6) is 5.75 Å². The maximum Gasteiger partial charge on any atom is 0.126 e. The van der Waals surface area contributed by atoms with E-state index in [4.69, 9.17) is 4.74 Å². The van der Waals surface area contributed by atoms with Crippen LogP contribution in [0.1, 0.15) is 18.4 Å². The summed E-state index contributed by atoms with van der Waals surface area (Å²) in [6.45, 7) is 0.830. The van der Waals surface area contributed by atoms with Crippen LogP contribution in [-0.4, -0.2) is 18.1 Å². The molecule has 2 heterocycles. The van der Waals surface area contributed by atoms with Gasteiger partial charge < -0.3 is 4.74 Å². The first-order valence-electron chi connectivity index (χ1n) is 5.66. The van der Waals surface area contributed by atoms with Crippen molar-refractivity contribution in [1.82, 2.24) is 0 Å². The molecule has 84 valence electrons. The largest absolute Gasteiger partial charge is 0.493 e. The standard InChI is InChI=1S/C13H14OS2/c1-2-5-12-10(4-1)11(6-7-14-12)13-15-8-3-9-16-13/h1-2,4-5H,3,6-9H2. The topological polar surface area (TPSA) is 9.23 Å². The molecule has 0 amide bonds. The molecule has 1 fully saturated rings. The Kier molecular flexibility index (Phi) is 3.15. The van der Waals surface area contributed by atoms with E-state index in [9.17, 15) is 0 Å². The van der Waals surface area contributed by atoms with E-state index in [0.29, 0.717) is 0 Å². The van der Waals surface area contributed by atoms with Crippen LogP contribution in [0.15, 0.2) is 28.5 Å². The molecule has 1 nitrogen and oxygen atoms in total. The molecule has 1 saturated heterocycles. The first-order valence-corrected chi connectivity index (χ1v) is 7.63. The summed E-state index contributed by atoms with van der Waals surface area (Å²) in [4.78, 5) is 0. The monoisotopic (exact) mass is 250 g/mol. The van der Waals surface area contributed by atoms with Gasteiger partial charge in [0.15, 0.2) is 0 Å². The Labute approximate surface area is 105 Å². The van der Waals surface area contributed by atoms with Crippen molar-refractivity contribution >= 4 is 29.1 Å². The molecule has 0 saturated carbocycles. The lowest BCUT2D eigenvalue weighted by Gasteiger charge is -2.24. The number of fused-ring (bicyclic) bond motifs is 1. The van der Waals surface area contributed by atoms with Gasteiger partial charge in [-0.05, 0) is 29.6 Å². The fourth-order valence-corrected chi connectivity index (χ4v) is 4.79. The van der Waals surface area contributed by atoms with Crippen LogP contribution in [0, 0.1) is 0 Å². The Morgan fingerprint density at radius 3 is 2.75 bits per heavy atom. The van der Waals surface area contributed by atoms with E-state index in [0.717, 1.165) is 18.8 Å². The van der Waals surface area contributed by atoms with Crippen molar-refractivity contribution in [3.05, 3.63) is 34.1 Å². The van der Waals surface area contributed by atoms with Crippen molar-refractivity contribution in [3.8, 4) is 5.75 Å². The molecule has 3 heteroatoms. The summed E-state index contributed by atoms with van der Waals surface area (Å²) in [6.07, 6.45) is 2.40. The first-order chi connectivity index (χ1) is 7.95. The number of para-hydroxylation sites is 1. The minimum atomic E-state index is 0.830. The number of benzene rings is 1. The minimum absolute atomic E-state index is 0.830. The van der Waals surface area contributed by atoms with Crippen LogP contribution in [0.25, 0.3) is 5.57 Å². The summed E-state index contributed by atoms with van der Waals surface area (Å²) in [5.41, 5.74) is 2.82. The van der Waals surface area contributed by atoms with Crippen molar-refractivity contribution in [2.75, 3.05) is 18.1 Å². The highest BCUT2D eigenvalue weighted by atomic mass is 32.2. The third-order valence-electron chi connectivity index (χ3n) is 2.82. The summed E-state index contributed by atoms with van der Waals surface area (Å²) in [5.74, 6) is 3.60. The zero-order valence-electron chi connectivity index (χ0n) is 9.07. The average molecular weight is 250 g/mol. The fourth-order valence-electron chi connectivity index (χ4n) is 2.06. The van der Waals surface area contributed by atoms with Gasteiger partial charge in [0.2, 0.25) is 0 Å². The predicted octanol–water partition coefficient (Wildman–Crippen LogP) is 4.01. The van der Waals surface area contributed by atoms with Gasteiger partial charge in [0.25, 0.3) is 0 Å². The Balaban J connectivity index is 2.03. The van der Waals surface area contributed by atoms with E-state index >= 15 is 0 Å². The van der Waals surface area contributed by atoms with E-state index in [2.05, 4.69) is 18.2 Å². The Morgan fingerprint density at radius 1 is 1.06 bits per heavy atom. The van der Waals surface area contributed by atoms with Crippen LogP contribution in [0.4, 0.5) is 0 Å². The smallest absolute Gasteiger partial charge is 0.126 e. The van der Waals surface area contributed by atoms with E-state index in [1.54, 1.807) is 0 Å². The van der Waals surface area contributed by atoms with Crippen LogP contribution in [0.3, 0.4) is 0 Å². The molecule has 2 aliphatic rings. The van der Waals surface area contributed by atoms with Crippen molar-refractivity contribution < 1.29 is 4.74 Å².